The maximum Gasteiger partial charge on any atom is 0.191 e. The van der Waals surface area contributed by atoms with Crippen LogP contribution in [0.3, 0.4) is 0 Å². The highest BCUT2D eigenvalue weighted by Crippen LogP contribution is 2.40. The van der Waals surface area contributed by atoms with E-state index in [0.29, 0.717) is 11.5 Å². The van der Waals surface area contributed by atoms with E-state index in [2.05, 4.69) is 21.7 Å². The number of thioether (sulfide) groups is 1. The van der Waals surface area contributed by atoms with E-state index in [0.717, 1.165) is 34.6 Å². The van der Waals surface area contributed by atoms with Gasteiger partial charge in [0.05, 0.1) is 10.8 Å². The Morgan fingerprint density at radius 2 is 2.03 bits per heavy atom. The minimum Gasteiger partial charge on any atom is -0.318 e. The summed E-state index contributed by atoms with van der Waals surface area (Å²) >= 11 is 7.36. The van der Waals surface area contributed by atoms with Crippen LogP contribution in [0.5, 0.6) is 0 Å². The maximum atomic E-state index is 13.5. The van der Waals surface area contributed by atoms with E-state index < -0.39 is 5.82 Å². The van der Waals surface area contributed by atoms with Crippen molar-refractivity contribution in [2.24, 2.45) is 0 Å². The molecule has 0 atom stereocenters. The molecule has 8 heteroatoms. The van der Waals surface area contributed by atoms with Crippen LogP contribution in [0, 0.1) is 19.7 Å². The average Bonchev–Trinajstić information content (AvgIpc) is 3.39. The Labute approximate surface area is 178 Å². The van der Waals surface area contributed by atoms with E-state index in [1.807, 2.05) is 24.5 Å². The van der Waals surface area contributed by atoms with Gasteiger partial charge in [-0.2, -0.15) is 0 Å². The van der Waals surface area contributed by atoms with Crippen molar-refractivity contribution in [1.82, 2.24) is 19.3 Å². The first-order chi connectivity index (χ1) is 13.9. The number of ketones is 1. The molecule has 0 radical (unpaired) electrons. The zero-order chi connectivity index (χ0) is 20.7. The van der Waals surface area contributed by atoms with Gasteiger partial charge in [-0.1, -0.05) is 23.4 Å². The summed E-state index contributed by atoms with van der Waals surface area (Å²) in [6.07, 6.45) is 2.34. The fourth-order valence-corrected chi connectivity index (χ4v) is 4.69. The quantitative estimate of drug-likeness (QED) is 0.373. The molecule has 152 valence electrons. The smallest absolute Gasteiger partial charge is 0.191 e. The van der Waals surface area contributed by atoms with Crippen molar-refractivity contribution in [1.29, 1.82) is 0 Å². The van der Waals surface area contributed by atoms with Gasteiger partial charge in [0.2, 0.25) is 0 Å². The Balaban J connectivity index is 1.55. The minimum atomic E-state index is -0.462. The summed E-state index contributed by atoms with van der Waals surface area (Å²) in [5.74, 6) is 1.41. The third-order valence-electron chi connectivity index (χ3n) is 5.23. The standard InChI is InChI=1S/C21H22ClFN4OS/c1-4-26-20(14-5-6-14)24-25-21(26)29-11-19(28)16-9-12(2)27(13(16)3)15-7-8-18(23)17(22)10-15/h7-10,14H,4-6,11H2,1-3H3. The number of aryl methyl sites for hydroxylation is 1. The number of aromatic nitrogens is 4. The van der Waals surface area contributed by atoms with Gasteiger partial charge in [0.1, 0.15) is 11.6 Å². The normalized spacial score (nSPS) is 13.8. The summed E-state index contributed by atoms with van der Waals surface area (Å²) < 4.78 is 17.5. The Morgan fingerprint density at radius 3 is 2.69 bits per heavy atom. The largest absolute Gasteiger partial charge is 0.318 e. The number of hydrogen-bond donors (Lipinski definition) is 0. The number of benzene rings is 1. The summed E-state index contributed by atoms with van der Waals surface area (Å²) in [4.78, 5) is 12.9. The van der Waals surface area contributed by atoms with Crippen molar-refractivity contribution in [2.45, 2.75) is 51.2 Å². The van der Waals surface area contributed by atoms with Crippen LogP contribution in [0.4, 0.5) is 4.39 Å². The monoisotopic (exact) mass is 432 g/mol. The van der Waals surface area contributed by atoms with E-state index in [-0.39, 0.29) is 16.6 Å². The van der Waals surface area contributed by atoms with Crippen LogP contribution in [0.15, 0.2) is 29.4 Å². The lowest BCUT2D eigenvalue weighted by Crippen LogP contribution is -2.07. The molecule has 1 aliphatic rings. The lowest BCUT2D eigenvalue weighted by molar-refractivity contribution is 0.102. The van der Waals surface area contributed by atoms with Gasteiger partial charge in [0, 0.05) is 35.1 Å². The van der Waals surface area contributed by atoms with E-state index in [4.69, 9.17) is 11.6 Å². The predicted octanol–water partition coefficient (Wildman–Crippen LogP) is 5.35. The molecule has 29 heavy (non-hydrogen) atoms. The molecule has 0 aliphatic heterocycles. The molecule has 0 saturated heterocycles. The molecular weight excluding hydrogens is 411 g/mol. The van der Waals surface area contributed by atoms with Gasteiger partial charge in [-0.3, -0.25) is 4.79 Å². The lowest BCUT2D eigenvalue weighted by Gasteiger charge is -2.10. The van der Waals surface area contributed by atoms with Crippen molar-refractivity contribution >= 4 is 29.1 Å². The molecule has 1 saturated carbocycles. The average molecular weight is 433 g/mol. The van der Waals surface area contributed by atoms with Crippen LogP contribution in [0.2, 0.25) is 5.02 Å². The molecule has 0 bridgehead atoms. The van der Waals surface area contributed by atoms with Gasteiger partial charge in [0.15, 0.2) is 10.9 Å². The number of carbonyl (C=O) groups excluding carboxylic acids is 1. The van der Waals surface area contributed by atoms with Gasteiger partial charge < -0.3 is 9.13 Å². The topological polar surface area (TPSA) is 52.7 Å². The van der Waals surface area contributed by atoms with Gasteiger partial charge in [-0.15, -0.1) is 10.2 Å². The van der Waals surface area contributed by atoms with Gasteiger partial charge in [0.25, 0.3) is 0 Å². The minimum absolute atomic E-state index is 0.0289. The van der Waals surface area contributed by atoms with Crippen LogP contribution in [-0.4, -0.2) is 30.9 Å². The summed E-state index contributed by atoms with van der Waals surface area (Å²) in [7, 11) is 0. The Morgan fingerprint density at radius 1 is 1.28 bits per heavy atom. The van der Waals surface area contributed by atoms with E-state index in [1.54, 1.807) is 12.1 Å². The van der Waals surface area contributed by atoms with Crippen LogP contribution >= 0.6 is 23.4 Å². The fourth-order valence-electron chi connectivity index (χ4n) is 3.62. The number of nitrogens with zero attached hydrogens (tertiary/aromatic N) is 4. The highest BCUT2D eigenvalue weighted by Gasteiger charge is 2.30. The SMILES string of the molecule is CCn1c(SCC(=O)c2cc(C)n(-c3ccc(F)c(Cl)c3)c2C)nnc1C1CC1. The molecule has 3 aromatic rings. The summed E-state index contributed by atoms with van der Waals surface area (Å²) in [6.45, 7) is 6.68. The van der Waals surface area contributed by atoms with Gasteiger partial charge in [-0.05, 0) is 57.9 Å². The Bertz CT molecular complexity index is 1090. The van der Waals surface area contributed by atoms with Gasteiger partial charge >= 0.3 is 0 Å². The molecule has 0 unspecified atom stereocenters. The van der Waals surface area contributed by atoms with Crippen LogP contribution < -0.4 is 0 Å². The molecule has 0 amide bonds. The van der Waals surface area contributed by atoms with E-state index in [9.17, 15) is 9.18 Å². The Hall–Kier alpha value is -2.12. The summed E-state index contributed by atoms with van der Waals surface area (Å²) in [5.41, 5.74) is 3.09. The van der Waals surface area contributed by atoms with Gasteiger partial charge in [-0.25, -0.2) is 4.39 Å². The highest BCUT2D eigenvalue weighted by molar-refractivity contribution is 7.99. The van der Waals surface area contributed by atoms with E-state index in [1.165, 1.54) is 30.7 Å². The molecule has 1 aliphatic carbocycles. The molecule has 2 aromatic heterocycles. The molecule has 5 nitrogen and oxygen atoms in total. The highest BCUT2D eigenvalue weighted by atomic mass is 35.5. The number of hydrogen-bond acceptors (Lipinski definition) is 4. The molecule has 1 aromatic carbocycles. The second-order valence-corrected chi connectivity index (χ2v) is 8.64. The van der Waals surface area contributed by atoms with Crippen molar-refractivity contribution in [2.75, 3.05) is 5.75 Å². The zero-order valence-electron chi connectivity index (χ0n) is 16.6. The lowest BCUT2D eigenvalue weighted by atomic mass is 10.2. The van der Waals surface area contributed by atoms with Crippen molar-refractivity contribution in [3.05, 3.63) is 57.9 Å². The number of halogens is 2. The van der Waals surface area contributed by atoms with Crippen LogP contribution in [-0.2, 0) is 6.54 Å². The van der Waals surface area contributed by atoms with Crippen molar-refractivity contribution < 1.29 is 9.18 Å². The van der Waals surface area contributed by atoms with Crippen LogP contribution in [0.1, 0.15) is 53.3 Å². The first kappa shape index (κ1) is 20.2. The van der Waals surface area contributed by atoms with Crippen molar-refractivity contribution in [3.8, 4) is 5.69 Å². The third-order valence-corrected chi connectivity index (χ3v) is 6.49. The molecule has 4 rings (SSSR count). The Kier molecular flexibility index (Phi) is 5.53. The maximum absolute atomic E-state index is 13.5. The molecule has 2 heterocycles. The summed E-state index contributed by atoms with van der Waals surface area (Å²) in [6, 6.07) is 6.44. The zero-order valence-corrected chi connectivity index (χ0v) is 18.1. The molecule has 0 spiro atoms. The first-order valence-electron chi connectivity index (χ1n) is 9.64. The third kappa shape index (κ3) is 3.85. The number of carbonyl (C=O) groups is 1. The predicted molar refractivity (Wildman–Crippen MR) is 113 cm³/mol. The number of Topliss-reactive ketones (excluding diaryl/α,β-unsaturated/α-hetero) is 1. The van der Waals surface area contributed by atoms with E-state index >= 15 is 0 Å². The van der Waals surface area contributed by atoms with Crippen LogP contribution in [0.25, 0.3) is 5.69 Å². The second-order valence-electron chi connectivity index (χ2n) is 7.29. The molecule has 0 N–H and O–H groups in total. The summed E-state index contributed by atoms with van der Waals surface area (Å²) in [5, 5.41) is 9.47. The number of rotatable bonds is 7. The fraction of sp³-hybridized carbons (Fsp3) is 0.381. The molecule has 1 fully saturated rings. The first-order valence-corrected chi connectivity index (χ1v) is 11.0. The molecular formula is C21H22ClFN4OS. The van der Waals surface area contributed by atoms with Crippen molar-refractivity contribution in [3.63, 3.8) is 0 Å². The second kappa shape index (κ2) is 7.95.